The maximum absolute atomic E-state index is 9.02. The van der Waals surface area contributed by atoms with E-state index in [1.807, 2.05) is 43.3 Å². The van der Waals surface area contributed by atoms with Crippen molar-refractivity contribution >= 4 is 5.69 Å². The van der Waals surface area contributed by atoms with Gasteiger partial charge in [-0.25, -0.2) is 0 Å². The molecule has 1 atom stereocenters. The topological polar surface area (TPSA) is 35.8 Å². The molecule has 1 N–H and O–H groups in total. The van der Waals surface area contributed by atoms with Gasteiger partial charge in [0.15, 0.2) is 0 Å². The highest BCUT2D eigenvalue weighted by Crippen LogP contribution is 2.23. The molecule has 0 saturated heterocycles. The second-order valence-electron chi connectivity index (χ2n) is 4.37. The average molecular weight is 236 g/mol. The normalized spacial score (nSPS) is 11.6. The highest BCUT2D eigenvalue weighted by Gasteiger charge is 2.08. The van der Waals surface area contributed by atoms with Gasteiger partial charge in [0, 0.05) is 11.7 Å². The quantitative estimate of drug-likeness (QED) is 0.873. The van der Waals surface area contributed by atoms with E-state index in [4.69, 9.17) is 5.26 Å². The highest BCUT2D eigenvalue weighted by molar-refractivity contribution is 5.58. The summed E-state index contributed by atoms with van der Waals surface area (Å²) in [5.41, 5.74) is 3.98. The summed E-state index contributed by atoms with van der Waals surface area (Å²) >= 11 is 0. The van der Waals surface area contributed by atoms with Crippen LogP contribution in [0.25, 0.3) is 0 Å². The monoisotopic (exact) mass is 236 g/mol. The van der Waals surface area contributed by atoms with Gasteiger partial charge in [0.05, 0.1) is 11.6 Å². The van der Waals surface area contributed by atoms with E-state index in [2.05, 4.69) is 30.4 Å². The third-order valence-corrected chi connectivity index (χ3v) is 3.13. The maximum Gasteiger partial charge on any atom is 0.0995 e. The summed E-state index contributed by atoms with van der Waals surface area (Å²) in [6, 6.07) is 18.5. The van der Waals surface area contributed by atoms with Gasteiger partial charge >= 0.3 is 0 Å². The van der Waals surface area contributed by atoms with Crippen molar-refractivity contribution in [1.82, 2.24) is 0 Å². The second kappa shape index (κ2) is 5.37. The molecule has 2 rings (SSSR count). The lowest BCUT2D eigenvalue weighted by molar-refractivity contribution is 0.882. The summed E-state index contributed by atoms with van der Waals surface area (Å²) in [6.07, 6.45) is 0. The first-order valence-electron chi connectivity index (χ1n) is 6.03. The lowest BCUT2D eigenvalue weighted by atomic mass is 10.0. The zero-order valence-electron chi connectivity index (χ0n) is 10.6. The minimum atomic E-state index is 0.221. The minimum absolute atomic E-state index is 0.221. The zero-order chi connectivity index (χ0) is 13.0. The number of nitrogens with zero attached hydrogens (tertiary/aromatic N) is 1. The van der Waals surface area contributed by atoms with E-state index in [1.165, 1.54) is 5.56 Å². The summed E-state index contributed by atoms with van der Waals surface area (Å²) in [5, 5.41) is 12.5. The number of benzene rings is 2. The molecule has 0 radical (unpaired) electrons. The third kappa shape index (κ3) is 2.52. The van der Waals surface area contributed by atoms with Gasteiger partial charge < -0.3 is 5.32 Å². The Hall–Kier alpha value is -2.27. The highest BCUT2D eigenvalue weighted by atomic mass is 14.9. The van der Waals surface area contributed by atoms with Gasteiger partial charge in [-0.05, 0) is 37.1 Å². The van der Waals surface area contributed by atoms with Gasteiger partial charge in [0.2, 0.25) is 0 Å². The van der Waals surface area contributed by atoms with Crippen LogP contribution in [-0.2, 0) is 0 Å². The average Bonchev–Trinajstić information content (AvgIpc) is 2.42. The van der Waals surface area contributed by atoms with Crippen molar-refractivity contribution in [2.45, 2.75) is 19.9 Å². The molecular weight excluding hydrogens is 220 g/mol. The molecule has 2 nitrogen and oxygen atoms in total. The molecule has 0 bridgehead atoms. The van der Waals surface area contributed by atoms with Crippen molar-refractivity contribution in [2.75, 3.05) is 5.32 Å². The third-order valence-electron chi connectivity index (χ3n) is 3.13. The molecule has 0 unspecified atom stereocenters. The van der Waals surface area contributed by atoms with Crippen LogP contribution in [0.5, 0.6) is 0 Å². The zero-order valence-corrected chi connectivity index (χ0v) is 10.6. The number of hydrogen-bond acceptors (Lipinski definition) is 2. The van der Waals surface area contributed by atoms with E-state index in [9.17, 15) is 0 Å². The van der Waals surface area contributed by atoms with E-state index in [0.29, 0.717) is 0 Å². The van der Waals surface area contributed by atoms with E-state index in [0.717, 1.165) is 16.8 Å². The Morgan fingerprint density at radius 1 is 1.06 bits per heavy atom. The molecule has 0 heterocycles. The summed E-state index contributed by atoms with van der Waals surface area (Å²) in [7, 11) is 0. The molecule has 0 aromatic heterocycles. The standard InChI is InChI=1S/C16H16N2/c1-12-15(11-17)9-6-10-16(12)18-13(2)14-7-4-3-5-8-14/h3-10,13,18H,1-2H3/t13-/m1/s1. The molecule has 0 fully saturated rings. The van der Waals surface area contributed by atoms with Crippen LogP contribution < -0.4 is 5.32 Å². The Bertz CT molecular complexity index is 567. The Morgan fingerprint density at radius 3 is 2.44 bits per heavy atom. The molecule has 90 valence electrons. The first kappa shape index (κ1) is 12.2. The lowest BCUT2D eigenvalue weighted by Crippen LogP contribution is -2.07. The summed E-state index contributed by atoms with van der Waals surface area (Å²) in [4.78, 5) is 0. The first-order chi connectivity index (χ1) is 8.72. The van der Waals surface area contributed by atoms with Crippen LogP contribution >= 0.6 is 0 Å². The van der Waals surface area contributed by atoms with Gasteiger partial charge in [0.25, 0.3) is 0 Å². The van der Waals surface area contributed by atoms with Crippen LogP contribution in [0.2, 0.25) is 0 Å². The van der Waals surface area contributed by atoms with Crippen LogP contribution in [0, 0.1) is 18.3 Å². The molecular formula is C16H16N2. The summed E-state index contributed by atoms with van der Waals surface area (Å²) in [6.45, 7) is 4.09. The van der Waals surface area contributed by atoms with Crippen LogP contribution in [-0.4, -0.2) is 0 Å². The molecule has 2 heteroatoms. The molecule has 0 aliphatic heterocycles. The number of rotatable bonds is 3. The first-order valence-corrected chi connectivity index (χ1v) is 6.03. The van der Waals surface area contributed by atoms with Crippen molar-refractivity contribution in [1.29, 1.82) is 5.26 Å². The predicted molar refractivity (Wildman–Crippen MR) is 74.4 cm³/mol. The molecule has 18 heavy (non-hydrogen) atoms. The molecule has 2 aromatic rings. The van der Waals surface area contributed by atoms with Crippen molar-refractivity contribution in [3.8, 4) is 6.07 Å². The largest absolute Gasteiger partial charge is 0.378 e. The van der Waals surface area contributed by atoms with Crippen molar-refractivity contribution < 1.29 is 0 Å². The summed E-state index contributed by atoms with van der Waals surface area (Å²) in [5.74, 6) is 0. The minimum Gasteiger partial charge on any atom is -0.378 e. The Morgan fingerprint density at radius 2 is 1.78 bits per heavy atom. The van der Waals surface area contributed by atoms with Crippen LogP contribution in [0.1, 0.15) is 29.7 Å². The Kier molecular flexibility index (Phi) is 3.64. The van der Waals surface area contributed by atoms with E-state index < -0.39 is 0 Å². The van der Waals surface area contributed by atoms with Crippen LogP contribution in [0.15, 0.2) is 48.5 Å². The number of anilines is 1. The van der Waals surface area contributed by atoms with Crippen molar-refractivity contribution in [2.24, 2.45) is 0 Å². The fraction of sp³-hybridized carbons (Fsp3) is 0.188. The molecule has 0 aliphatic carbocycles. The SMILES string of the molecule is Cc1c(C#N)cccc1N[C@H](C)c1ccccc1. The molecule has 0 spiro atoms. The summed E-state index contributed by atoms with van der Waals surface area (Å²) < 4.78 is 0. The van der Waals surface area contributed by atoms with Crippen molar-refractivity contribution in [3.63, 3.8) is 0 Å². The number of hydrogen-bond donors (Lipinski definition) is 1. The fourth-order valence-electron chi connectivity index (χ4n) is 1.97. The Labute approximate surface area is 108 Å². The van der Waals surface area contributed by atoms with Gasteiger partial charge in [0.1, 0.15) is 0 Å². The van der Waals surface area contributed by atoms with Gasteiger partial charge in [-0.1, -0.05) is 36.4 Å². The van der Waals surface area contributed by atoms with E-state index in [-0.39, 0.29) is 6.04 Å². The smallest absolute Gasteiger partial charge is 0.0995 e. The van der Waals surface area contributed by atoms with Gasteiger partial charge in [-0.15, -0.1) is 0 Å². The van der Waals surface area contributed by atoms with E-state index >= 15 is 0 Å². The Balaban J connectivity index is 2.23. The fourth-order valence-corrected chi connectivity index (χ4v) is 1.97. The van der Waals surface area contributed by atoms with Gasteiger partial charge in [-0.2, -0.15) is 5.26 Å². The molecule has 0 aliphatic rings. The number of nitriles is 1. The second-order valence-corrected chi connectivity index (χ2v) is 4.37. The number of nitrogens with one attached hydrogen (secondary N) is 1. The van der Waals surface area contributed by atoms with Crippen LogP contribution in [0.4, 0.5) is 5.69 Å². The molecule has 2 aromatic carbocycles. The van der Waals surface area contributed by atoms with Crippen LogP contribution in [0.3, 0.4) is 0 Å². The van der Waals surface area contributed by atoms with Crippen molar-refractivity contribution in [3.05, 3.63) is 65.2 Å². The lowest BCUT2D eigenvalue weighted by Gasteiger charge is -2.17. The predicted octanol–water partition coefficient (Wildman–Crippen LogP) is 4.04. The molecule has 0 amide bonds. The van der Waals surface area contributed by atoms with Gasteiger partial charge in [-0.3, -0.25) is 0 Å². The maximum atomic E-state index is 9.02. The van der Waals surface area contributed by atoms with E-state index in [1.54, 1.807) is 0 Å². The molecule has 0 saturated carbocycles.